The fourth-order valence-electron chi connectivity index (χ4n) is 1.71. The second-order valence-corrected chi connectivity index (χ2v) is 5.86. The van der Waals surface area contributed by atoms with Crippen LogP contribution in [0.4, 0.5) is 5.95 Å². The molecule has 104 valence electrons. The minimum absolute atomic E-state index is 0.713. The first-order chi connectivity index (χ1) is 8.63. The van der Waals surface area contributed by atoms with Crippen LogP contribution in [0, 0.1) is 6.92 Å². The molecule has 0 aliphatic rings. The minimum atomic E-state index is -0.713. The van der Waals surface area contributed by atoms with Crippen molar-refractivity contribution in [1.82, 2.24) is 9.55 Å². The van der Waals surface area contributed by atoms with Crippen LogP contribution in [-0.4, -0.2) is 46.0 Å². The largest absolute Gasteiger partial charge is 0.385 e. The molecule has 0 spiro atoms. The number of methoxy groups -OCH3 is 1. The van der Waals surface area contributed by atoms with Crippen LogP contribution in [-0.2, 0) is 22.1 Å². The lowest BCUT2D eigenvalue weighted by Crippen LogP contribution is -2.11. The zero-order valence-corrected chi connectivity index (χ0v) is 12.3. The quantitative estimate of drug-likeness (QED) is 0.691. The van der Waals surface area contributed by atoms with Crippen molar-refractivity contribution in [3.8, 4) is 0 Å². The maximum Gasteiger partial charge on any atom is 0.203 e. The second kappa shape index (κ2) is 8.26. The predicted octanol–water partition coefficient (Wildman–Crippen LogP) is 1.41. The van der Waals surface area contributed by atoms with Gasteiger partial charge in [0.2, 0.25) is 5.95 Å². The minimum Gasteiger partial charge on any atom is -0.385 e. The van der Waals surface area contributed by atoms with Crippen molar-refractivity contribution in [3.05, 3.63) is 11.9 Å². The third-order valence-electron chi connectivity index (χ3n) is 2.54. The van der Waals surface area contributed by atoms with Gasteiger partial charge in [-0.1, -0.05) is 0 Å². The summed E-state index contributed by atoms with van der Waals surface area (Å²) in [6.45, 7) is 4.45. The number of hydrogen-bond acceptors (Lipinski definition) is 4. The van der Waals surface area contributed by atoms with Gasteiger partial charge < -0.3 is 14.6 Å². The monoisotopic (exact) mass is 273 g/mol. The van der Waals surface area contributed by atoms with Crippen molar-refractivity contribution in [2.24, 2.45) is 0 Å². The van der Waals surface area contributed by atoms with Crippen molar-refractivity contribution in [1.29, 1.82) is 0 Å². The average molecular weight is 273 g/mol. The first-order valence-corrected chi connectivity index (χ1v) is 7.93. The topological polar surface area (TPSA) is 56.1 Å². The van der Waals surface area contributed by atoms with E-state index in [1.165, 1.54) is 0 Å². The lowest BCUT2D eigenvalue weighted by molar-refractivity contribution is 0.190. The number of aryl methyl sites for hydroxylation is 2. The Kier molecular flexibility index (Phi) is 6.97. The van der Waals surface area contributed by atoms with Crippen LogP contribution in [0.15, 0.2) is 6.20 Å². The Morgan fingerprint density at radius 3 is 2.94 bits per heavy atom. The molecule has 0 radical (unpaired) electrons. The van der Waals surface area contributed by atoms with Crippen molar-refractivity contribution >= 4 is 16.7 Å². The molecule has 5 nitrogen and oxygen atoms in total. The number of ether oxygens (including phenoxy) is 1. The fraction of sp³-hybridized carbons (Fsp3) is 0.750. The molecule has 0 aliphatic heterocycles. The predicted molar refractivity (Wildman–Crippen MR) is 75.5 cm³/mol. The van der Waals surface area contributed by atoms with E-state index in [2.05, 4.69) is 14.9 Å². The molecule has 0 aliphatic carbocycles. The summed E-state index contributed by atoms with van der Waals surface area (Å²) in [7, 11) is 0.998. The van der Waals surface area contributed by atoms with Gasteiger partial charge in [-0.25, -0.2) is 4.98 Å². The average Bonchev–Trinajstić information content (AvgIpc) is 2.65. The van der Waals surface area contributed by atoms with Gasteiger partial charge in [-0.2, -0.15) is 0 Å². The molecule has 1 unspecified atom stereocenters. The smallest absolute Gasteiger partial charge is 0.203 e. The van der Waals surface area contributed by atoms with E-state index in [4.69, 9.17) is 4.74 Å². The third kappa shape index (κ3) is 5.64. The molecule has 1 atom stereocenters. The molecule has 6 heteroatoms. The van der Waals surface area contributed by atoms with E-state index in [1.807, 2.05) is 13.1 Å². The molecule has 0 saturated carbocycles. The van der Waals surface area contributed by atoms with Gasteiger partial charge in [0, 0.05) is 55.8 Å². The molecular formula is C12H23N3O2S. The third-order valence-corrected chi connectivity index (χ3v) is 3.40. The first kappa shape index (κ1) is 15.2. The number of rotatable bonds is 9. The molecule has 0 amide bonds. The summed E-state index contributed by atoms with van der Waals surface area (Å²) in [6.07, 6.45) is 5.64. The van der Waals surface area contributed by atoms with E-state index in [0.717, 1.165) is 49.9 Å². The summed E-state index contributed by atoms with van der Waals surface area (Å²) in [5, 5.41) is 3.29. The van der Waals surface area contributed by atoms with Crippen LogP contribution >= 0.6 is 0 Å². The molecule has 0 bridgehead atoms. The van der Waals surface area contributed by atoms with Gasteiger partial charge in [0.25, 0.3) is 0 Å². The van der Waals surface area contributed by atoms with Crippen molar-refractivity contribution in [2.45, 2.75) is 26.3 Å². The number of hydrogen-bond donors (Lipinski definition) is 1. The van der Waals surface area contributed by atoms with E-state index in [1.54, 1.807) is 13.4 Å². The standard InChI is InChI=1S/C12H23N3O2S/c1-11-10-15(7-5-8-17-2)12(14-11)13-6-4-9-18(3)16/h10H,4-9H2,1-3H3,(H,13,14). The number of nitrogens with one attached hydrogen (secondary N) is 1. The van der Waals surface area contributed by atoms with Crippen molar-refractivity contribution in [3.63, 3.8) is 0 Å². The van der Waals surface area contributed by atoms with Gasteiger partial charge in [-0.05, 0) is 19.8 Å². The zero-order valence-electron chi connectivity index (χ0n) is 11.4. The summed E-state index contributed by atoms with van der Waals surface area (Å²) in [5.74, 6) is 1.63. The molecule has 1 heterocycles. The Hall–Kier alpha value is -0.880. The van der Waals surface area contributed by atoms with Crippen LogP contribution in [0.25, 0.3) is 0 Å². The Morgan fingerprint density at radius 1 is 1.50 bits per heavy atom. The van der Waals surface area contributed by atoms with Gasteiger partial charge in [-0.3, -0.25) is 4.21 Å². The van der Waals surface area contributed by atoms with E-state index in [-0.39, 0.29) is 0 Å². The van der Waals surface area contributed by atoms with Crippen LogP contribution < -0.4 is 5.32 Å². The Morgan fingerprint density at radius 2 is 2.28 bits per heavy atom. The van der Waals surface area contributed by atoms with E-state index in [9.17, 15) is 4.21 Å². The molecule has 0 fully saturated rings. The van der Waals surface area contributed by atoms with E-state index >= 15 is 0 Å². The second-order valence-electron chi connectivity index (χ2n) is 4.30. The maximum atomic E-state index is 10.9. The first-order valence-electron chi connectivity index (χ1n) is 6.20. The molecule has 1 aromatic rings. The summed E-state index contributed by atoms with van der Waals surface area (Å²) in [5.41, 5.74) is 1.01. The van der Waals surface area contributed by atoms with Gasteiger partial charge in [0.05, 0.1) is 5.69 Å². The molecule has 0 aromatic carbocycles. The van der Waals surface area contributed by atoms with Crippen LogP contribution in [0.1, 0.15) is 18.5 Å². The van der Waals surface area contributed by atoms with Crippen LogP contribution in [0.2, 0.25) is 0 Å². The number of nitrogens with zero attached hydrogens (tertiary/aromatic N) is 2. The summed E-state index contributed by atoms with van der Waals surface area (Å²) in [6, 6.07) is 0. The summed E-state index contributed by atoms with van der Waals surface area (Å²) < 4.78 is 18.1. The molecule has 1 N–H and O–H groups in total. The zero-order chi connectivity index (χ0) is 13.4. The maximum absolute atomic E-state index is 10.9. The Labute approximate surface area is 111 Å². The highest BCUT2D eigenvalue weighted by Crippen LogP contribution is 2.09. The fourth-order valence-corrected chi connectivity index (χ4v) is 2.26. The molecular weight excluding hydrogens is 250 g/mol. The highest BCUT2D eigenvalue weighted by molar-refractivity contribution is 7.84. The lowest BCUT2D eigenvalue weighted by Gasteiger charge is -2.09. The van der Waals surface area contributed by atoms with Crippen molar-refractivity contribution < 1.29 is 8.95 Å². The van der Waals surface area contributed by atoms with Crippen LogP contribution in [0.5, 0.6) is 0 Å². The molecule has 0 saturated heterocycles. The molecule has 1 aromatic heterocycles. The van der Waals surface area contributed by atoms with Gasteiger partial charge in [0.15, 0.2) is 0 Å². The SMILES string of the molecule is COCCCn1cc(C)nc1NCCCS(C)=O. The van der Waals surface area contributed by atoms with E-state index < -0.39 is 10.8 Å². The summed E-state index contributed by atoms with van der Waals surface area (Å²) in [4.78, 5) is 4.44. The number of aromatic nitrogens is 2. The van der Waals surface area contributed by atoms with E-state index in [0.29, 0.717) is 0 Å². The van der Waals surface area contributed by atoms with Crippen LogP contribution in [0.3, 0.4) is 0 Å². The molecule has 1 rings (SSSR count). The molecule has 18 heavy (non-hydrogen) atoms. The highest BCUT2D eigenvalue weighted by atomic mass is 32.2. The lowest BCUT2D eigenvalue weighted by atomic mass is 10.4. The van der Waals surface area contributed by atoms with Gasteiger partial charge in [0.1, 0.15) is 0 Å². The number of anilines is 1. The van der Waals surface area contributed by atoms with Crippen molar-refractivity contribution in [2.75, 3.05) is 37.6 Å². The normalized spacial score (nSPS) is 12.6. The highest BCUT2D eigenvalue weighted by Gasteiger charge is 2.04. The Balaban J connectivity index is 2.40. The summed E-state index contributed by atoms with van der Waals surface area (Å²) >= 11 is 0. The van der Waals surface area contributed by atoms with Gasteiger partial charge >= 0.3 is 0 Å². The number of imidazole rings is 1. The van der Waals surface area contributed by atoms with Gasteiger partial charge in [-0.15, -0.1) is 0 Å². The Bertz CT molecular complexity index is 379.